The van der Waals surface area contributed by atoms with Gasteiger partial charge in [0.1, 0.15) is 6.10 Å². The summed E-state index contributed by atoms with van der Waals surface area (Å²) in [7, 11) is -0.444. The molecule has 2 aliphatic heterocycles. The largest absolute Gasteiger partial charge is 0.493 e. The maximum absolute atomic E-state index is 10.0. The van der Waals surface area contributed by atoms with Crippen molar-refractivity contribution in [2.24, 2.45) is 0 Å². The maximum atomic E-state index is 10.0. The lowest BCUT2D eigenvalue weighted by Gasteiger charge is -2.35. The summed E-state index contributed by atoms with van der Waals surface area (Å²) < 4.78 is 33.5. The van der Waals surface area contributed by atoms with Crippen molar-refractivity contribution in [1.29, 1.82) is 0 Å². The molecule has 120 valence electrons. The number of hydrogen-bond donors (Lipinski definition) is 1. The summed E-state index contributed by atoms with van der Waals surface area (Å²) in [5.41, 5.74) is 1.84. The number of hydrogen-bond acceptors (Lipinski definition) is 4. The van der Waals surface area contributed by atoms with Gasteiger partial charge in [0.25, 0.3) is 0 Å². The van der Waals surface area contributed by atoms with E-state index < -0.39 is 13.1 Å². The molecule has 0 aromatic heterocycles. The summed E-state index contributed by atoms with van der Waals surface area (Å²) in [4.78, 5) is 2.25. The molecule has 1 aromatic rings. The molecule has 3 aliphatic rings. The van der Waals surface area contributed by atoms with Crippen LogP contribution in [0, 0.1) is 0 Å². The molecule has 22 heavy (non-hydrogen) atoms. The van der Waals surface area contributed by atoms with E-state index in [0.717, 1.165) is 30.6 Å². The first-order valence-electron chi connectivity index (χ1n) is 8.86. The molecule has 4 nitrogen and oxygen atoms in total. The van der Waals surface area contributed by atoms with Crippen molar-refractivity contribution >= 4 is 17.0 Å². The summed E-state index contributed by atoms with van der Waals surface area (Å²) in [6.45, 7) is 1.69. The predicted octanol–water partition coefficient (Wildman–Crippen LogP) is 2.43. The van der Waals surface area contributed by atoms with Crippen molar-refractivity contribution in [2.75, 3.05) is 20.6 Å². The topological polar surface area (TPSA) is 41.9 Å². The summed E-state index contributed by atoms with van der Waals surface area (Å²) in [6.07, 6.45) is 4.53. The van der Waals surface area contributed by atoms with Crippen LogP contribution in [0.3, 0.4) is 0 Å². The second-order valence-electron chi connectivity index (χ2n) is 6.33. The molecule has 1 aromatic carbocycles. The summed E-state index contributed by atoms with van der Waals surface area (Å²) in [5.74, 6) is 0.789. The van der Waals surface area contributed by atoms with E-state index in [1.807, 2.05) is 12.1 Å². The van der Waals surface area contributed by atoms with Gasteiger partial charge >= 0.3 is 0 Å². The third-order valence-electron chi connectivity index (χ3n) is 5.04. The summed E-state index contributed by atoms with van der Waals surface area (Å²) in [6, 6.07) is 3.62. The van der Waals surface area contributed by atoms with Crippen molar-refractivity contribution in [1.82, 2.24) is 4.90 Å². The first-order valence-corrected chi connectivity index (χ1v) is 7.36. The van der Waals surface area contributed by atoms with Gasteiger partial charge in [-0.2, -0.15) is 0 Å². The van der Waals surface area contributed by atoms with E-state index in [-0.39, 0.29) is 34.2 Å². The number of methoxy groups -OCH3 is 1. The number of ether oxygens (including phenoxy) is 2. The van der Waals surface area contributed by atoms with Gasteiger partial charge in [0.15, 0.2) is 11.5 Å². The minimum atomic E-state index is -2.52. The van der Waals surface area contributed by atoms with Gasteiger partial charge in [-0.25, -0.2) is 0 Å². The number of aliphatic hydroxyl groups is 1. The van der Waals surface area contributed by atoms with Crippen LogP contribution >= 0.6 is 17.0 Å². The van der Waals surface area contributed by atoms with Crippen LogP contribution in [0.2, 0.25) is 0 Å². The number of rotatable bonds is 1. The van der Waals surface area contributed by atoms with Gasteiger partial charge in [0.2, 0.25) is 0 Å². The van der Waals surface area contributed by atoms with E-state index in [4.69, 9.17) is 13.6 Å². The molecule has 1 N–H and O–H groups in total. The third kappa shape index (κ3) is 2.10. The van der Waals surface area contributed by atoms with E-state index in [0.29, 0.717) is 12.2 Å². The Balaban J connectivity index is 0.00000182. The van der Waals surface area contributed by atoms with Gasteiger partial charge in [0, 0.05) is 18.5 Å². The first kappa shape index (κ1) is 12.4. The van der Waals surface area contributed by atoms with Crippen molar-refractivity contribution < 1.29 is 18.7 Å². The van der Waals surface area contributed by atoms with Crippen molar-refractivity contribution in [3.05, 3.63) is 35.4 Å². The van der Waals surface area contributed by atoms with Crippen molar-refractivity contribution in [3.8, 4) is 11.5 Å². The monoisotopic (exact) mass is 370 g/mol. The molecule has 0 bridgehead atoms. The third-order valence-corrected chi connectivity index (χ3v) is 5.04. The molecule has 4 rings (SSSR count). The Kier molecular flexibility index (Phi) is 3.13. The highest BCUT2D eigenvalue weighted by Crippen LogP contribution is 2.55. The fourth-order valence-electron chi connectivity index (χ4n) is 4.00. The zero-order valence-electron chi connectivity index (χ0n) is 15.4. The average Bonchev–Trinajstić information content (AvgIpc) is 2.74. The van der Waals surface area contributed by atoms with Gasteiger partial charge in [0.05, 0.1) is 22.7 Å². The molecular weight excluding hydrogens is 346 g/mol. The Labute approximate surface area is 145 Å². The SMILES string of the molecule is Br.[2H]C([2H])([2H])Oc1ccc2c3c1O[C@H]1C[C@@H](O)C=C[C@@]31CCN(C)C2. The van der Waals surface area contributed by atoms with Gasteiger partial charge in [-0.05, 0) is 31.6 Å². The first-order chi connectivity index (χ1) is 11.3. The van der Waals surface area contributed by atoms with Crippen LogP contribution < -0.4 is 9.47 Å². The van der Waals surface area contributed by atoms with E-state index >= 15 is 0 Å². The van der Waals surface area contributed by atoms with E-state index in [1.165, 1.54) is 0 Å². The van der Waals surface area contributed by atoms with Crippen LogP contribution in [0.4, 0.5) is 0 Å². The normalized spacial score (nSPS) is 34.9. The molecule has 0 saturated heterocycles. The van der Waals surface area contributed by atoms with Crippen LogP contribution in [0.15, 0.2) is 24.3 Å². The molecule has 0 amide bonds. The van der Waals surface area contributed by atoms with Crippen LogP contribution in [0.1, 0.15) is 28.1 Å². The zero-order chi connectivity index (χ0) is 17.1. The highest BCUT2D eigenvalue weighted by Gasteiger charge is 2.52. The molecule has 0 unspecified atom stereocenters. The van der Waals surface area contributed by atoms with Gasteiger partial charge in [-0.15, -0.1) is 17.0 Å². The minimum absolute atomic E-state index is 0. The Morgan fingerprint density at radius 3 is 3.18 bits per heavy atom. The second kappa shape index (κ2) is 5.55. The molecule has 0 fully saturated rings. The molecule has 3 atom stereocenters. The van der Waals surface area contributed by atoms with Crippen molar-refractivity contribution in [3.63, 3.8) is 0 Å². The van der Waals surface area contributed by atoms with Gasteiger partial charge in [-0.1, -0.05) is 18.2 Å². The highest BCUT2D eigenvalue weighted by atomic mass is 79.9. The maximum Gasteiger partial charge on any atom is 0.166 e. The standard InChI is InChI=1S/C17H21NO3.BrH/c1-18-8-7-17-6-5-12(19)9-14(17)21-16-13(20-2)4-3-11(10-18)15(16)17;/h3-6,12,14,19H,7-10H2,1-2H3;1H/t12-,14-,17-;/m0./s1/i2D3;. The van der Waals surface area contributed by atoms with Crippen molar-refractivity contribution in [2.45, 2.75) is 37.0 Å². The zero-order valence-corrected chi connectivity index (χ0v) is 14.1. The lowest BCUT2D eigenvalue weighted by Crippen LogP contribution is -2.42. The molecule has 0 radical (unpaired) electrons. The molecule has 1 spiro atoms. The smallest absolute Gasteiger partial charge is 0.166 e. The van der Waals surface area contributed by atoms with Gasteiger partial charge < -0.3 is 19.5 Å². The molecule has 5 heteroatoms. The Morgan fingerprint density at radius 1 is 1.50 bits per heavy atom. The predicted molar refractivity (Wildman–Crippen MR) is 90.1 cm³/mol. The summed E-state index contributed by atoms with van der Waals surface area (Å²) >= 11 is 0. The molecule has 0 saturated carbocycles. The molecule has 1 aliphatic carbocycles. The fourth-order valence-corrected chi connectivity index (χ4v) is 4.00. The Morgan fingerprint density at radius 2 is 2.36 bits per heavy atom. The van der Waals surface area contributed by atoms with Crippen LogP contribution in [-0.2, 0) is 12.0 Å². The van der Waals surface area contributed by atoms with E-state index in [9.17, 15) is 5.11 Å². The number of nitrogens with zero attached hydrogens (tertiary/aromatic N) is 1. The van der Waals surface area contributed by atoms with Crippen LogP contribution in [0.5, 0.6) is 11.5 Å². The minimum Gasteiger partial charge on any atom is -0.493 e. The Hall–Kier alpha value is -1.04. The quantitative estimate of drug-likeness (QED) is 0.770. The van der Waals surface area contributed by atoms with Gasteiger partial charge in [-0.3, -0.25) is 0 Å². The number of halogens is 1. The Bertz CT molecular complexity index is 709. The van der Waals surface area contributed by atoms with Crippen LogP contribution in [-0.4, -0.2) is 42.8 Å². The lowest BCUT2D eigenvalue weighted by molar-refractivity contribution is 0.0821. The average molecular weight is 371 g/mol. The van der Waals surface area contributed by atoms with Crippen LogP contribution in [0.25, 0.3) is 0 Å². The number of benzene rings is 1. The lowest BCUT2D eigenvalue weighted by atomic mass is 9.69. The fraction of sp³-hybridized carbons (Fsp3) is 0.529. The molecule has 2 heterocycles. The number of aliphatic hydroxyl groups excluding tert-OH is 1. The summed E-state index contributed by atoms with van der Waals surface area (Å²) in [5, 5.41) is 10.0. The second-order valence-corrected chi connectivity index (χ2v) is 6.33. The highest BCUT2D eigenvalue weighted by molar-refractivity contribution is 8.93. The molecular formula is C17H22BrNO3. The van der Waals surface area contributed by atoms with E-state index in [1.54, 1.807) is 6.07 Å². The van der Waals surface area contributed by atoms with E-state index in [2.05, 4.69) is 18.0 Å².